The molecule has 2 aliphatic rings. The Kier molecular flexibility index (Phi) is 4.91. The minimum Gasteiger partial charge on any atom is -0.481 e. The van der Waals surface area contributed by atoms with Crippen molar-refractivity contribution in [2.75, 3.05) is 26.2 Å². The Bertz CT molecular complexity index is 410. The van der Waals surface area contributed by atoms with Crippen LogP contribution >= 0.6 is 0 Å². The molecule has 120 valence electrons. The van der Waals surface area contributed by atoms with Gasteiger partial charge in [0.05, 0.1) is 12.0 Å². The zero-order valence-electron chi connectivity index (χ0n) is 13.5. The van der Waals surface area contributed by atoms with Crippen LogP contribution in [0.25, 0.3) is 0 Å². The fourth-order valence-corrected chi connectivity index (χ4v) is 3.69. The van der Waals surface area contributed by atoms with E-state index in [0.29, 0.717) is 32.1 Å². The molecule has 21 heavy (non-hydrogen) atoms. The van der Waals surface area contributed by atoms with Gasteiger partial charge in [0.15, 0.2) is 0 Å². The number of carboxylic acids is 1. The molecule has 2 aliphatic heterocycles. The summed E-state index contributed by atoms with van der Waals surface area (Å²) in [5, 5.41) is 9.55. The summed E-state index contributed by atoms with van der Waals surface area (Å²) < 4.78 is 0. The summed E-state index contributed by atoms with van der Waals surface area (Å²) in [6, 6.07) is 0.322. The van der Waals surface area contributed by atoms with Gasteiger partial charge in [-0.25, -0.2) is 0 Å². The number of piperidine rings is 1. The van der Waals surface area contributed by atoms with Gasteiger partial charge in [-0.1, -0.05) is 13.8 Å². The van der Waals surface area contributed by atoms with Gasteiger partial charge in [0, 0.05) is 19.1 Å². The Hall–Kier alpha value is -1.10. The molecule has 0 aromatic heterocycles. The molecule has 2 unspecified atom stereocenters. The summed E-state index contributed by atoms with van der Waals surface area (Å²) >= 11 is 0. The second-order valence-corrected chi connectivity index (χ2v) is 7.01. The highest BCUT2D eigenvalue weighted by Crippen LogP contribution is 2.38. The first-order valence-electron chi connectivity index (χ1n) is 8.12. The van der Waals surface area contributed by atoms with Crippen molar-refractivity contribution in [3.63, 3.8) is 0 Å². The van der Waals surface area contributed by atoms with E-state index >= 15 is 0 Å². The molecule has 0 spiro atoms. The van der Waals surface area contributed by atoms with Crippen molar-refractivity contribution in [3.8, 4) is 0 Å². The SMILES string of the molecule is CC1CCCCN1C(=O)CN1CCC(C(=O)O)(C(C)C)C1. The molecule has 2 atom stereocenters. The van der Waals surface area contributed by atoms with Gasteiger partial charge in [-0.15, -0.1) is 0 Å². The number of hydrogen-bond acceptors (Lipinski definition) is 3. The minimum absolute atomic E-state index is 0.0870. The van der Waals surface area contributed by atoms with Crippen LogP contribution in [0.15, 0.2) is 0 Å². The van der Waals surface area contributed by atoms with Gasteiger partial charge in [-0.2, -0.15) is 0 Å². The molecule has 0 bridgehead atoms. The van der Waals surface area contributed by atoms with Crippen LogP contribution in [0, 0.1) is 11.3 Å². The summed E-state index contributed by atoms with van der Waals surface area (Å²) in [4.78, 5) is 28.1. The fraction of sp³-hybridized carbons (Fsp3) is 0.875. The molecule has 0 aliphatic carbocycles. The maximum atomic E-state index is 12.5. The van der Waals surface area contributed by atoms with E-state index in [4.69, 9.17) is 0 Å². The lowest BCUT2D eigenvalue weighted by molar-refractivity contribution is -0.151. The predicted octanol–water partition coefficient (Wildman–Crippen LogP) is 1.82. The van der Waals surface area contributed by atoms with Crippen LogP contribution in [0.1, 0.15) is 46.5 Å². The Balaban J connectivity index is 1.95. The summed E-state index contributed by atoms with van der Waals surface area (Å²) in [7, 11) is 0. The number of likely N-dealkylation sites (tertiary alicyclic amines) is 2. The van der Waals surface area contributed by atoms with E-state index in [1.807, 2.05) is 23.6 Å². The van der Waals surface area contributed by atoms with E-state index < -0.39 is 11.4 Å². The molecular weight excluding hydrogens is 268 g/mol. The molecule has 2 heterocycles. The molecule has 0 aromatic rings. The number of carbonyl (C=O) groups excluding carboxylic acids is 1. The largest absolute Gasteiger partial charge is 0.481 e. The smallest absolute Gasteiger partial charge is 0.311 e. The molecule has 2 saturated heterocycles. The van der Waals surface area contributed by atoms with Crippen LogP contribution in [0.5, 0.6) is 0 Å². The standard InChI is InChI=1S/C16H28N2O3/c1-12(2)16(15(20)21)7-9-17(11-16)10-14(19)18-8-5-4-6-13(18)3/h12-13H,4-11H2,1-3H3,(H,20,21). The molecule has 2 fully saturated rings. The van der Waals surface area contributed by atoms with E-state index in [0.717, 1.165) is 19.4 Å². The Morgan fingerprint density at radius 3 is 2.52 bits per heavy atom. The van der Waals surface area contributed by atoms with Crippen LogP contribution in [-0.2, 0) is 9.59 Å². The first kappa shape index (κ1) is 16.3. The van der Waals surface area contributed by atoms with Crippen molar-refractivity contribution in [3.05, 3.63) is 0 Å². The van der Waals surface area contributed by atoms with Gasteiger partial charge in [0.1, 0.15) is 0 Å². The molecular formula is C16H28N2O3. The van der Waals surface area contributed by atoms with Crippen LogP contribution < -0.4 is 0 Å². The zero-order chi connectivity index (χ0) is 15.6. The summed E-state index contributed by atoms with van der Waals surface area (Å²) in [5.41, 5.74) is -0.687. The highest BCUT2D eigenvalue weighted by atomic mass is 16.4. The number of aliphatic carboxylic acids is 1. The average molecular weight is 296 g/mol. The van der Waals surface area contributed by atoms with Gasteiger partial charge in [0.2, 0.25) is 5.91 Å². The van der Waals surface area contributed by atoms with Crippen molar-refractivity contribution in [1.82, 2.24) is 9.80 Å². The van der Waals surface area contributed by atoms with Gasteiger partial charge >= 0.3 is 5.97 Å². The third-order valence-electron chi connectivity index (χ3n) is 5.39. The van der Waals surface area contributed by atoms with Crippen molar-refractivity contribution >= 4 is 11.9 Å². The highest BCUT2D eigenvalue weighted by Gasteiger charge is 2.47. The number of amides is 1. The molecule has 5 nitrogen and oxygen atoms in total. The third kappa shape index (κ3) is 3.23. The zero-order valence-corrected chi connectivity index (χ0v) is 13.5. The van der Waals surface area contributed by atoms with E-state index in [2.05, 4.69) is 6.92 Å². The van der Waals surface area contributed by atoms with E-state index in [-0.39, 0.29) is 11.8 Å². The van der Waals surface area contributed by atoms with Crippen molar-refractivity contribution in [1.29, 1.82) is 0 Å². The summed E-state index contributed by atoms with van der Waals surface area (Å²) in [6.45, 7) is 8.45. The van der Waals surface area contributed by atoms with Crippen molar-refractivity contribution < 1.29 is 14.7 Å². The second kappa shape index (κ2) is 6.34. The lowest BCUT2D eigenvalue weighted by Crippen LogP contribution is -2.47. The number of nitrogens with zero attached hydrogens (tertiary/aromatic N) is 2. The van der Waals surface area contributed by atoms with Crippen LogP contribution in [0.2, 0.25) is 0 Å². The quantitative estimate of drug-likeness (QED) is 0.859. The number of carbonyl (C=O) groups is 2. The molecule has 0 radical (unpaired) electrons. The Morgan fingerprint density at radius 1 is 1.29 bits per heavy atom. The highest BCUT2D eigenvalue weighted by molar-refractivity contribution is 5.79. The monoisotopic (exact) mass is 296 g/mol. The maximum Gasteiger partial charge on any atom is 0.311 e. The molecule has 1 amide bonds. The number of hydrogen-bond donors (Lipinski definition) is 1. The molecule has 0 saturated carbocycles. The maximum absolute atomic E-state index is 12.5. The topological polar surface area (TPSA) is 60.9 Å². The Labute approximate surface area is 127 Å². The van der Waals surface area contributed by atoms with Crippen LogP contribution in [0.3, 0.4) is 0 Å². The van der Waals surface area contributed by atoms with Gasteiger partial charge in [-0.05, 0) is 45.1 Å². The van der Waals surface area contributed by atoms with E-state index in [1.165, 1.54) is 6.42 Å². The fourth-order valence-electron chi connectivity index (χ4n) is 3.69. The van der Waals surface area contributed by atoms with E-state index in [9.17, 15) is 14.7 Å². The summed E-state index contributed by atoms with van der Waals surface area (Å²) in [6.07, 6.45) is 4.00. The predicted molar refractivity (Wildman–Crippen MR) is 81.0 cm³/mol. The van der Waals surface area contributed by atoms with Crippen LogP contribution in [-0.4, -0.2) is 59.0 Å². The first-order valence-corrected chi connectivity index (χ1v) is 8.12. The first-order chi connectivity index (χ1) is 9.86. The average Bonchev–Trinajstić information content (AvgIpc) is 2.84. The molecule has 5 heteroatoms. The van der Waals surface area contributed by atoms with Crippen LogP contribution in [0.4, 0.5) is 0 Å². The normalized spacial score (nSPS) is 30.9. The molecule has 0 aromatic carbocycles. The molecule has 1 N–H and O–H groups in total. The van der Waals surface area contributed by atoms with Gasteiger partial charge in [-0.3, -0.25) is 14.5 Å². The lowest BCUT2D eigenvalue weighted by atomic mass is 9.76. The number of rotatable bonds is 4. The second-order valence-electron chi connectivity index (χ2n) is 7.01. The van der Waals surface area contributed by atoms with Gasteiger partial charge < -0.3 is 10.0 Å². The molecule has 2 rings (SSSR count). The number of carboxylic acid groups (broad SMARTS) is 1. The van der Waals surface area contributed by atoms with E-state index in [1.54, 1.807) is 0 Å². The van der Waals surface area contributed by atoms with Gasteiger partial charge in [0.25, 0.3) is 0 Å². The third-order valence-corrected chi connectivity index (χ3v) is 5.39. The summed E-state index contributed by atoms with van der Waals surface area (Å²) in [5.74, 6) is -0.477. The Morgan fingerprint density at radius 2 is 2.00 bits per heavy atom. The lowest BCUT2D eigenvalue weighted by Gasteiger charge is -2.35. The van der Waals surface area contributed by atoms with Crippen molar-refractivity contribution in [2.45, 2.75) is 52.5 Å². The van der Waals surface area contributed by atoms with Crippen molar-refractivity contribution in [2.24, 2.45) is 11.3 Å². The minimum atomic E-state index is -0.723.